The molecule has 0 atom stereocenters. The van der Waals surface area contributed by atoms with Crippen LogP contribution in [0.3, 0.4) is 0 Å². The van der Waals surface area contributed by atoms with E-state index in [1.807, 2.05) is 0 Å². The first kappa shape index (κ1) is 14.2. The molecule has 0 nitrogen and oxygen atoms in total. The second kappa shape index (κ2) is 8.48. The van der Waals surface area contributed by atoms with E-state index in [9.17, 15) is 0 Å². The minimum absolute atomic E-state index is 0.903. The van der Waals surface area contributed by atoms with Crippen molar-refractivity contribution in [1.82, 2.24) is 0 Å². The van der Waals surface area contributed by atoms with Crippen molar-refractivity contribution < 1.29 is 0 Å². The van der Waals surface area contributed by atoms with E-state index >= 15 is 0 Å². The molecule has 0 heterocycles. The van der Waals surface area contributed by atoms with E-state index in [2.05, 4.69) is 39.8 Å². The zero-order chi connectivity index (χ0) is 10.9. The Hall–Kier alpha value is 0.170. The van der Waals surface area contributed by atoms with Gasteiger partial charge in [0.15, 0.2) is 0 Å². The predicted octanol–water partition coefficient (Wildman–Crippen LogP) is 4.54. The van der Waals surface area contributed by atoms with E-state index < -0.39 is 7.26 Å². The van der Waals surface area contributed by atoms with Gasteiger partial charge >= 0.3 is 91.0 Å². The van der Waals surface area contributed by atoms with Crippen molar-refractivity contribution in [2.24, 2.45) is 0 Å². The van der Waals surface area contributed by atoms with Gasteiger partial charge in [0, 0.05) is 0 Å². The first-order valence-corrected chi connectivity index (χ1v) is 9.18. The molecule has 0 radical (unpaired) electrons. The van der Waals surface area contributed by atoms with E-state index in [1.54, 1.807) is 18.5 Å². The molecule has 0 fully saturated rings. The topological polar surface area (TPSA) is 0 Å². The second-order valence-electron chi connectivity index (χ2n) is 4.52. The van der Waals surface area contributed by atoms with Crippen molar-refractivity contribution in [2.45, 2.75) is 47.0 Å². The van der Waals surface area contributed by atoms with Gasteiger partial charge in [0.05, 0.1) is 0 Å². The molecule has 0 saturated carbocycles. The van der Waals surface area contributed by atoms with Gasteiger partial charge < -0.3 is 0 Å². The standard InChI is InChI=1S/C13H29P/c1-5-9-13-14(10-6-2,11-7-3)12-8-4/h5,9,14H,6-8,10-13H2,1-4H3. The van der Waals surface area contributed by atoms with Crippen LogP contribution in [0, 0.1) is 0 Å². The Morgan fingerprint density at radius 3 is 1.57 bits per heavy atom. The van der Waals surface area contributed by atoms with Crippen LogP contribution in [0.25, 0.3) is 0 Å². The molecule has 0 aromatic heterocycles. The molecular formula is C13H29P. The fraction of sp³-hybridized carbons (Fsp3) is 0.846. The van der Waals surface area contributed by atoms with Crippen LogP contribution in [-0.2, 0) is 0 Å². The van der Waals surface area contributed by atoms with Crippen molar-refractivity contribution in [2.75, 3.05) is 24.6 Å². The van der Waals surface area contributed by atoms with E-state index in [4.69, 9.17) is 0 Å². The van der Waals surface area contributed by atoms with E-state index in [0.717, 1.165) is 0 Å². The molecule has 0 rings (SSSR count). The number of rotatable bonds is 8. The fourth-order valence-corrected chi connectivity index (χ4v) is 7.92. The monoisotopic (exact) mass is 216 g/mol. The molecule has 0 spiro atoms. The van der Waals surface area contributed by atoms with Gasteiger partial charge in [-0.3, -0.25) is 0 Å². The molecule has 1 heteroatoms. The average molecular weight is 216 g/mol. The van der Waals surface area contributed by atoms with Gasteiger partial charge in [0.2, 0.25) is 0 Å². The summed E-state index contributed by atoms with van der Waals surface area (Å²) in [6, 6.07) is 0. The summed E-state index contributed by atoms with van der Waals surface area (Å²) in [5, 5.41) is 0. The zero-order valence-electron chi connectivity index (χ0n) is 10.6. The number of hydrogen-bond donors (Lipinski definition) is 0. The Kier molecular flexibility index (Phi) is 8.58. The molecule has 0 aromatic carbocycles. The summed E-state index contributed by atoms with van der Waals surface area (Å²) in [5.74, 6) is 0. The second-order valence-corrected chi connectivity index (χ2v) is 9.43. The van der Waals surface area contributed by atoms with Crippen LogP contribution in [0.15, 0.2) is 12.2 Å². The summed E-state index contributed by atoms with van der Waals surface area (Å²) >= 11 is 0. The molecule has 0 aliphatic carbocycles. The van der Waals surface area contributed by atoms with E-state index in [-0.39, 0.29) is 0 Å². The fourth-order valence-electron chi connectivity index (χ4n) is 2.64. The average Bonchev–Trinajstić information content (AvgIpc) is 2.16. The van der Waals surface area contributed by atoms with Crippen molar-refractivity contribution in [3.05, 3.63) is 12.2 Å². The molecule has 0 aliphatic heterocycles. The minimum atomic E-state index is -0.903. The Bertz CT molecular complexity index is 132. The first-order chi connectivity index (χ1) is 6.74. The van der Waals surface area contributed by atoms with Crippen LogP contribution >= 0.6 is 7.26 Å². The molecule has 0 aromatic rings. The molecule has 86 valence electrons. The van der Waals surface area contributed by atoms with Crippen molar-refractivity contribution in [3.8, 4) is 0 Å². The van der Waals surface area contributed by atoms with Crippen LogP contribution < -0.4 is 0 Å². The maximum absolute atomic E-state index is 2.42. The van der Waals surface area contributed by atoms with Gasteiger partial charge in [0.25, 0.3) is 0 Å². The molecule has 0 bridgehead atoms. The first-order valence-electron chi connectivity index (χ1n) is 6.35. The van der Waals surface area contributed by atoms with Gasteiger partial charge in [-0.15, -0.1) is 0 Å². The van der Waals surface area contributed by atoms with Gasteiger partial charge in [-0.2, -0.15) is 0 Å². The van der Waals surface area contributed by atoms with Crippen LogP contribution in [0.2, 0.25) is 0 Å². The summed E-state index contributed by atoms with van der Waals surface area (Å²) in [5.41, 5.74) is 0. The third-order valence-electron chi connectivity index (χ3n) is 3.13. The molecule has 0 N–H and O–H groups in total. The summed E-state index contributed by atoms with van der Waals surface area (Å²) < 4.78 is 0. The third kappa shape index (κ3) is 5.15. The summed E-state index contributed by atoms with van der Waals surface area (Å²) in [4.78, 5) is 0. The zero-order valence-corrected chi connectivity index (χ0v) is 11.6. The van der Waals surface area contributed by atoms with Crippen LogP contribution in [0.4, 0.5) is 0 Å². The van der Waals surface area contributed by atoms with Crippen molar-refractivity contribution in [3.63, 3.8) is 0 Å². The van der Waals surface area contributed by atoms with Gasteiger partial charge in [-0.05, 0) is 0 Å². The van der Waals surface area contributed by atoms with Crippen LogP contribution in [0.5, 0.6) is 0 Å². The maximum atomic E-state index is 2.42. The van der Waals surface area contributed by atoms with Gasteiger partial charge in [-0.1, -0.05) is 0 Å². The summed E-state index contributed by atoms with van der Waals surface area (Å²) in [6.07, 6.45) is 14.9. The molecular weight excluding hydrogens is 187 g/mol. The van der Waals surface area contributed by atoms with Crippen LogP contribution in [-0.4, -0.2) is 24.6 Å². The van der Waals surface area contributed by atoms with Crippen molar-refractivity contribution >= 4 is 7.26 Å². The number of allylic oxidation sites excluding steroid dienone is 2. The van der Waals surface area contributed by atoms with E-state index in [1.165, 1.54) is 25.4 Å². The van der Waals surface area contributed by atoms with Gasteiger partial charge in [-0.25, -0.2) is 0 Å². The molecule has 0 amide bonds. The normalized spacial score (nSPS) is 13.7. The number of hydrogen-bond acceptors (Lipinski definition) is 0. The summed E-state index contributed by atoms with van der Waals surface area (Å²) in [6.45, 7) is 9.21. The summed E-state index contributed by atoms with van der Waals surface area (Å²) in [7, 11) is -0.903. The molecule has 0 aliphatic rings. The van der Waals surface area contributed by atoms with E-state index in [0.29, 0.717) is 0 Å². The van der Waals surface area contributed by atoms with Crippen molar-refractivity contribution in [1.29, 1.82) is 0 Å². The molecule has 0 saturated heterocycles. The third-order valence-corrected chi connectivity index (χ3v) is 8.91. The predicted molar refractivity (Wildman–Crippen MR) is 73.5 cm³/mol. The van der Waals surface area contributed by atoms with Gasteiger partial charge in [0.1, 0.15) is 0 Å². The van der Waals surface area contributed by atoms with Crippen LogP contribution in [0.1, 0.15) is 47.0 Å². The Labute approximate surface area is 91.5 Å². The SMILES string of the molecule is CC=CC[PH](CCC)(CCC)CCC. The Morgan fingerprint density at radius 2 is 1.29 bits per heavy atom. The molecule has 0 unspecified atom stereocenters. The Morgan fingerprint density at radius 1 is 0.857 bits per heavy atom. The molecule has 14 heavy (non-hydrogen) atoms. The quantitative estimate of drug-likeness (QED) is 0.412. The Balaban J connectivity index is 4.36.